The number of nitrogens with zero attached hydrogens (tertiary/aromatic N) is 2. The van der Waals surface area contributed by atoms with Crippen molar-refractivity contribution in [1.29, 1.82) is 0 Å². The van der Waals surface area contributed by atoms with E-state index < -0.39 is 5.41 Å². The average Bonchev–Trinajstić information content (AvgIpc) is 3.15. The minimum Gasteiger partial charge on any atom is -0.461 e. The highest BCUT2D eigenvalue weighted by Crippen LogP contribution is 2.66. The number of hydrogen-bond donors (Lipinski definition) is 1. The van der Waals surface area contributed by atoms with Crippen molar-refractivity contribution in [3.8, 4) is 0 Å². The standard InChI is InChI=1S/C22H20FN3O2/c1-12(20-9-15-7-16(23)5-6-19(15)28-20)22(21(24)27)10-17(22)13-3-4-14-11-25-26(2)18(14)8-13/h3-9,11-12,17H,10H2,1-2H3,(H2,24,27)/t12-,17?,22?/m0/s1. The zero-order valence-corrected chi connectivity index (χ0v) is 15.6. The van der Waals surface area contributed by atoms with E-state index in [2.05, 4.69) is 11.2 Å². The van der Waals surface area contributed by atoms with Crippen molar-refractivity contribution in [2.45, 2.75) is 25.2 Å². The molecule has 0 aliphatic heterocycles. The lowest BCUT2D eigenvalue weighted by atomic mass is 9.84. The second-order valence-corrected chi connectivity index (χ2v) is 7.80. The number of furan rings is 1. The van der Waals surface area contributed by atoms with Gasteiger partial charge in [-0.05, 0) is 42.3 Å². The number of benzene rings is 2. The SMILES string of the molecule is C[C@@H](c1cc2cc(F)ccc2o1)C1(C(N)=O)CC1c1ccc2cnn(C)c2c1. The number of hydrogen-bond acceptors (Lipinski definition) is 3. The predicted octanol–water partition coefficient (Wildman–Crippen LogP) is 4.22. The molecule has 4 aromatic rings. The van der Waals surface area contributed by atoms with Crippen molar-refractivity contribution >= 4 is 27.8 Å². The van der Waals surface area contributed by atoms with Crippen molar-refractivity contribution in [2.75, 3.05) is 0 Å². The Morgan fingerprint density at radius 2 is 2.11 bits per heavy atom. The molecular weight excluding hydrogens is 357 g/mol. The van der Waals surface area contributed by atoms with Crippen LogP contribution in [0.25, 0.3) is 21.9 Å². The molecule has 0 bridgehead atoms. The third-order valence-corrected chi connectivity index (χ3v) is 6.33. The Hall–Kier alpha value is -3.15. The maximum atomic E-state index is 13.5. The number of nitrogens with two attached hydrogens (primary N) is 1. The molecule has 3 atom stereocenters. The molecule has 2 heterocycles. The van der Waals surface area contributed by atoms with E-state index in [1.165, 1.54) is 12.1 Å². The first kappa shape index (κ1) is 17.0. The first-order valence-electron chi connectivity index (χ1n) is 9.30. The highest BCUT2D eigenvalue weighted by Gasteiger charge is 2.63. The Balaban J connectivity index is 1.54. The number of aromatic nitrogens is 2. The summed E-state index contributed by atoms with van der Waals surface area (Å²) in [6, 6.07) is 12.4. The smallest absolute Gasteiger partial charge is 0.225 e. The maximum absolute atomic E-state index is 13.5. The number of amides is 1. The van der Waals surface area contributed by atoms with E-state index in [0.717, 1.165) is 16.5 Å². The van der Waals surface area contributed by atoms with Gasteiger partial charge in [0, 0.05) is 29.7 Å². The highest BCUT2D eigenvalue weighted by atomic mass is 19.1. The number of aryl methyl sites for hydroxylation is 1. The molecule has 2 aromatic carbocycles. The van der Waals surface area contributed by atoms with E-state index in [1.54, 1.807) is 6.07 Å². The van der Waals surface area contributed by atoms with Gasteiger partial charge in [-0.25, -0.2) is 4.39 Å². The summed E-state index contributed by atoms with van der Waals surface area (Å²) in [6.45, 7) is 1.96. The molecule has 1 fully saturated rings. The van der Waals surface area contributed by atoms with E-state index in [9.17, 15) is 9.18 Å². The molecule has 6 heteroatoms. The fourth-order valence-electron chi connectivity index (χ4n) is 4.54. The summed E-state index contributed by atoms with van der Waals surface area (Å²) in [7, 11) is 1.90. The van der Waals surface area contributed by atoms with Crippen LogP contribution >= 0.6 is 0 Å². The van der Waals surface area contributed by atoms with Gasteiger partial charge in [-0.2, -0.15) is 5.10 Å². The van der Waals surface area contributed by atoms with Crippen LogP contribution in [0.2, 0.25) is 0 Å². The molecule has 1 aliphatic carbocycles. The minimum atomic E-state index is -0.710. The molecule has 1 saturated carbocycles. The Bertz CT molecular complexity index is 1240. The van der Waals surface area contributed by atoms with E-state index in [-0.39, 0.29) is 23.6 Å². The summed E-state index contributed by atoms with van der Waals surface area (Å²) in [4.78, 5) is 12.5. The number of primary amides is 1. The third-order valence-electron chi connectivity index (χ3n) is 6.33. The Morgan fingerprint density at radius 1 is 1.29 bits per heavy atom. The van der Waals surface area contributed by atoms with Gasteiger partial charge in [0.15, 0.2) is 0 Å². The fourth-order valence-corrected chi connectivity index (χ4v) is 4.54. The van der Waals surface area contributed by atoms with Crippen LogP contribution in [0.5, 0.6) is 0 Å². The summed E-state index contributed by atoms with van der Waals surface area (Å²) in [5.74, 6) is -0.187. The van der Waals surface area contributed by atoms with Crippen LogP contribution in [0.3, 0.4) is 0 Å². The molecular formula is C22H20FN3O2. The number of carbonyl (C=O) groups is 1. The van der Waals surface area contributed by atoms with Gasteiger partial charge in [0.2, 0.25) is 5.91 Å². The van der Waals surface area contributed by atoms with Gasteiger partial charge in [0.05, 0.1) is 17.1 Å². The molecule has 2 unspecified atom stereocenters. The number of fused-ring (bicyclic) bond motifs is 2. The topological polar surface area (TPSA) is 74.1 Å². The van der Waals surface area contributed by atoms with Crippen LogP contribution in [0, 0.1) is 11.2 Å². The zero-order valence-electron chi connectivity index (χ0n) is 15.6. The van der Waals surface area contributed by atoms with Crippen LogP contribution in [-0.2, 0) is 11.8 Å². The summed E-state index contributed by atoms with van der Waals surface area (Å²) in [5, 5.41) is 6.03. The molecule has 28 heavy (non-hydrogen) atoms. The Morgan fingerprint density at radius 3 is 2.89 bits per heavy atom. The van der Waals surface area contributed by atoms with E-state index in [4.69, 9.17) is 10.2 Å². The average molecular weight is 377 g/mol. The predicted molar refractivity (Wildman–Crippen MR) is 104 cm³/mol. The Labute approximate surface area is 160 Å². The lowest BCUT2D eigenvalue weighted by molar-refractivity contribution is -0.124. The van der Waals surface area contributed by atoms with Crippen molar-refractivity contribution < 1.29 is 13.6 Å². The number of carbonyl (C=O) groups excluding carboxylic acids is 1. The van der Waals surface area contributed by atoms with Crippen molar-refractivity contribution in [3.05, 3.63) is 65.8 Å². The molecule has 2 aromatic heterocycles. The van der Waals surface area contributed by atoms with Gasteiger partial charge in [-0.3, -0.25) is 9.48 Å². The van der Waals surface area contributed by atoms with E-state index >= 15 is 0 Å². The van der Waals surface area contributed by atoms with Gasteiger partial charge in [-0.15, -0.1) is 0 Å². The monoisotopic (exact) mass is 377 g/mol. The lowest BCUT2D eigenvalue weighted by Crippen LogP contribution is -2.31. The molecule has 5 nitrogen and oxygen atoms in total. The van der Waals surface area contributed by atoms with Gasteiger partial charge in [0.1, 0.15) is 17.2 Å². The second-order valence-electron chi connectivity index (χ2n) is 7.80. The number of halogens is 1. The van der Waals surface area contributed by atoms with Gasteiger partial charge < -0.3 is 10.2 Å². The maximum Gasteiger partial charge on any atom is 0.225 e. The fraction of sp³-hybridized carbons (Fsp3) is 0.273. The quantitative estimate of drug-likeness (QED) is 0.579. The lowest BCUT2D eigenvalue weighted by Gasteiger charge is -2.20. The molecule has 2 N–H and O–H groups in total. The minimum absolute atomic E-state index is 0.0178. The van der Waals surface area contributed by atoms with Crippen molar-refractivity contribution in [1.82, 2.24) is 9.78 Å². The van der Waals surface area contributed by atoms with Crippen LogP contribution in [0.15, 0.2) is 53.1 Å². The molecule has 0 spiro atoms. The number of rotatable bonds is 4. The Kier molecular flexibility index (Phi) is 3.44. The largest absolute Gasteiger partial charge is 0.461 e. The van der Waals surface area contributed by atoms with Crippen molar-refractivity contribution in [3.63, 3.8) is 0 Å². The summed E-state index contributed by atoms with van der Waals surface area (Å²) >= 11 is 0. The summed E-state index contributed by atoms with van der Waals surface area (Å²) in [6.07, 6.45) is 2.49. The first-order chi connectivity index (χ1) is 13.4. The molecule has 142 valence electrons. The first-order valence-corrected chi connectivity index (χ1v) is 9.30. The normalized spacial score (nSPS) is 22.6. The van der Waals surface area contributed by atoms with Gasteiger partial charge >= 0.3 is 0 Å². The van der Waals surface area contributed by atoms with E-state index in [1.807, 2.05) is 43.0 Å². The van der Waals surface area contributed by atoms with Crippen LogP contribution in [0.4, 0.5) is 4.39 Å². The molecule has 0 radical (unpaired) electrons. The molecule has 1 aliphatic rings. The molecule has 5 rings (SSSR count). The summed E-state index contributed by atoms with van der Waals surface area (Å²) in [5.41, 5.74) is 7.88. The molecule has 0 saturated heterocycles. The van der Waals surface area contributed by atoms with E-state index in [0.29, 0.717) is 23.2 Å². The van der Waals surface area contributed by atoms with Gasteiger partial charge in [-0.1, -0.05) is 19.1 Å². The van der Waals surface area contributed by atoms with Gasteiger partial charge in [0.25, 0.3) is 0 Å². The van der Waals surface area contributed by atoms with Crippen LogP contribution in [0.1, 0.15) is 36.5 Å². The highest BCUT2D eigenvalue weighted by molar-refractivity contribution is 5.88. The third kappa shape index (κ3) is 2.30. The summed E-state index contributed by atoms with van der Waals surface area (Å²) < 4.78 is 21.3. The van der Waals surface area contributed by atoms with Crippen LogP contribution < -0.4 is 5.73 Å². The van der Waals surface area contributed by atoms with Crippen LogP contribution in [-0.4, -0.2) is 15.7 Å². The zero-order chi connectivity index (χ0) is 19.6. The molecule has 1 amide bonds. The van der Waals surface area contributed by atoms with Crippen molar-refractivity contribution in [2.24, 2.45) is 18.2 Å². The second kappa shape index (κ2) is 5.67.